The third-order valence-electron chi connectivity index (χ3n) is 9.65. The van der Waals surface area contributed by atoms with Gasteiger partial charge in [-0.1, -0.05) is 13.0 Å². The quantitative estimate of drug-likeness (QED) is 0.234. The molecule has 4 aromatic rings. The van der Waals surface area contributed by atoms with Gasteiger partial charge in [-0.15, -0.1) is 0 Å². The number of phenolic OH excluding ortho intramolecular Hbond substituents is 1. The number of aromatic nitrogens is 3. The number of aromatic hydroxyl groups is 1. The first-order valence-electron chi connectivity index (χ1n) is 15.4. The van der Waals surface area contributed by atoms with Crippen molar-refractivity contribution in [1.82, 2.24) is 25.2 Å². The van der Waals surface area contributed by atoms with Gasteiger partial charge in [0.2, 0.25) is 11.8 Å². The lowest BCUT2D eigenvalue weighted by Crippen LogP contribution is -2.43. The van der Waals surface area contributed by atoms with Crippen LogP contribution in [0, 0.1) is 17.0 Å². The molecule has 0 saturated carbocycles. The Kier molecular flexibility index (Phi) is 7.26. The van der Waals surface area contributed by atoms with Crippen LogP contribution >= 0.6 is 0 Å². The normalized spacial score (nSPS) is 24.6. The molecule has 3 N–H and O–H groups in total. The second-order valence-electron chi connectivity index (χ2n) is 12.8. The molecule has 3 aliphatic rings. The number of hydrogen-bond donors (Lipinski definition) is 3. The van der Waals surface area contributed by atoms with Gasteiger partial charge in [0.1, 0.15) is 41.4 Å². The maximum Gasteiger partial charge on any atom is 0.319 e. The minimum absolute atomic E-state index is 0.00290. The van der Waals surface area contributed by atoms with E-state index in [4.69, 9.17) is 4.74 Å². The van der Waals surface area contributed by atoms with Crippen molar-refractivity contribution < 1.29 is 32.6 Å². The van der Waals surface area contributed by atoms with Crippen LogP contribution in [0.25, 0.3) is 32.9 Å². The van der Waals surface area contributed by atoms with Gasteiger partial charge < -0.3 is 15.2 Å². The number of fused-ring (bicyclic) bond motifs is 3. The number of hydrogen-bond acceptors (Lipinski definition) is 9. The molecule has 240 valence electrons. The average molecular weight is 635 g/mol. The molecule has 10 nitrogen and oxygen atoms in total. The number of phenols is 1. The molecule has 0 bridgehead atoms. The summed E-state index contributed by atoms with van der Waals surface area (Å²) in [6.07, 6.45) is 2.64. The number of pyridine rings is 1. The van der Waals surface area contributed by atoms with Crippen molar-refractivity contribution in [2.45, 2.75) is 57.7 Å². The van der Waals surface area contributed by atoms with Gasteiger partial charge in [0.25, 0.3) is 0 Å². The third kappa shape index (κ3) is 4.97. The van der Waals surface area contributed by atoms with E-state index in [-0.39, 0.29) is 59.3 Å². The van der Waals surface area contributed by atoms with E-state index in [1.165, 1.54) is 30.5 Å². The number of benzene rings is 2. The summed E-state index contributed by atoms with van der Waals surface area (Å²) < 4.78 is 52.1. The van der Waals surface area contributed by atoms with Gasteiger partial charge in [0.15, 0.2) is 5.82 Å². The van der Waals surface area contributed by atoms with Crippen molar-refractivity contribution in [2.24, 2.45) is 5.41 Å². The predicted octanol–water partition coefficient (Wildman–Crippen LogP) is 4.81. The second kappa shape index (κ2) is 11.1. The number of halogens is 3. The molecule has 0 aliphatic carbocycles. The Bertz CT molecular complexity index is 1920. The fraction of sp³-hybridized carbons (Fsp3) is 0.424. The van der Waals surface area contributed by atoms with E-state index in [1.54, 1.807) is 13.8 Å². The highest BCUT2D eigenvalue weighted by Gasteiger charge is 2.49. The summed E-state index contributed by atoms with van der Waals surface area (Å²) in [4.78, 5) is 39.9. The lowest BCUT2D eigenvalue weighted by atomic mass is 9.89. The maximum atomic E-state index is 16.7. The van der Waals surface area contributed by atoms with E-state index in [0.29, 0.717) is 35.7 Å². The summed E-state index contributed by atoms with van der Waals surface area (Å²) >= 11 is 0. The van der Waals surface area contributed by atoms with Gasteiger partial charge in [0, 0.05) is 37.7 Å². The molecule has 1 unspecified atom stereocenters. The molecule has 13 heteroatoms. The SMILES string of the molecule is CCc1c(F)ccc2cc(O)cc(-c3ncc4c(NCC5(C)CC(=O)NC5=O)nc(OC[C@@]56CCCN5C[C@H](F)C6)nc4c3F)c12. The van der Waals surface area contributed by atoms with Crippen molar-refractivity contribution in [2.75, 3.05) is 31.6 Å². The average Bonchev–Trinajstić information content (AvgIpc) is 3.63. The van der Waals surface area contributed by atoms with Crippen LogP contribution in [0.15, 0.2) is 30.5 Å². The highest BCUT2D eigenvalue weighted by Crippen LogP contribution is 2.42. The van der Waals surface area contributed by atoms with Crippen molar-refractivity contribution in [1.29, 1.82) is 0 Å². The number of imide groups is 1. The Morgan fingerprint density at radius 3 is 2.80 bits per heavy atom. The van der Waals surface area contributed by atoms with Crippen molar-refractivity contribution in [3.05, 3.63) is 47.7 Å². The Labute approximate surface area is 262 Å². The Hall–Kier alpha value is -4.52. The van der Waals surface area contributed by atoms with Crippen LogP contribution in [0.4, 0.5) is 19.0 Å². The summed E-state index contributed by atoms with van der Waals surface area (Å²) in [6.45, 7) is 4.61. The Balaban J connectivity index is 1.34. The van der Waals surface area contributed by atoms with Gasteiger partial charge in [-0.05, 0) is 67.3 Å². The minimum atomic E-state index is -1.08. The van der Waals surface area contributed by atoms with Crippen LogP contribution in [0.2, 0.25) is 0 Å². The van der Waals surface area contributed by atoms with Crippen molar-refractivity contribution in [3.8, 4) is 23.0 Å². The smallest absolute Gasteiger partial charge is 0.319 e. The van der Waals surface area contributed by atoms with Gasteiger partial charge in [-0.25, -0.2) is 13.2 Å². The number of ether oxygens (including phenoxy) is 1. The number of carbonyl (C=O) groups is 2. The fourth-order valence-electron chi connectivity index (χ4n) is 7.28. The molecule has 0 radical (unpaired) electrons. The van der Waals surface area contributed by atoms with Crippen LogP contribution in [0.1, 0.15) is 45.1 Å². The highest BCUT2D eigenvalue weighted by molar-refractivity contribution is 6.06. The molecule has 2 aromatic heterocycles. The molecule has 0 spiro atoms. The summed E-state index contributed by atoms with van der Waals surface area (Å²) in [6, 6.07) is 5.49. The maximum absolute atomic E-state index is 16.7. The van der Waals surface area contributed by atoms with Gasteiger partial charge in [-0.3, -0.25) is 24.8 Å². The van der Waals surface area contributed by atoms with Crippen LogP contribution < -0.4 is 15.4 Å². The second-order valence-corrected chi connectivity index (χ2v) is 12.8. The molecular weight excluding hydrogens is 601 g/mol. The number of nitrogens with one attached hydrogen (secondary N) is 2. The Morgan fingerprint density at radius 1 is 1.22 bits per heavy atom. The van der Waals surface area contributed by atoms with Gasteiger partial charge in [-0.2, -0.15) is 9.97 Å². The van der Waals surface area contributed by atoms with Crippen molar-refractivity contribution in [3.63, 3.8) is 0 Å². The molecule has 3 atom stereocenters. The molecule has 2 amide bonds. The predicted molar refractivity (Wildman–Crippen MR) is 164 cm³/mol. The van der Waals surface area contributed by atoms with E-state index < -0.39 is 40.6 Å². The largest absolute Gasteiger partial charge is 0.508 e. The summed E-state index contributed by atoms with van der Waals surface area (Å²) in [5.74, 6) is -2.17. The number of carbonyl (C=O) groups excluding carboxylic acids is 2. The number of rotatable bonds is 8. The third-order valence-corrected chi connectivity index (χ3v) is 9.65. The molecule has 46 heavy (non-hydrogen) atoms. The van der Waals surface area contributed by atoms with E-state index in [1.807, 2.05) is 0 Å². The number of anilines is 1. The van der Waals surface area contributed by atoms with E-state index >= 15 is 4.39 Å². The molecule has 3 aliphatic heterocycles. The first-order valence-corrected chi connectivity index (χ1v) is 15.4. The van der Waals surface area contributed by atoms with Crippen LogP contribution in [0.5, 0.6) is 11.8 Å². The van der Waals surface area contributed by atoms with Crippen molar-refractivity contribution >= 4 is 39.3 Å². The molecule has 7 rings (SSSR count). The molecule has 5 heterocycles. The highest BCUT2D eigenvalue weighted by atomic mass is 19.1. The first-order chi connectivity index (χ1) is 22.0. The lowest BCUT2D eigenvalue weighted by Gasteiger charge is -2.30. The van der Waals surface area contributed by atoms with Crippen LogP contribution in [-0.4, -0.2) is 74.7 Å². The number of aryl methyl sites for hydroxylation is 1. The topological polar surface area (TPSA) is 130 Å². The monoisotopic (exact) mass is 634 g/mol. The molecule has 3 fully saturated rings. The van der Waals surface area contributed by atoms with Gasteiger partial charge in [0.05, 0.1) is 16.3 Å². The van der Waals surface area contributed by atoms with Gasteiger partial charge >= 0.3 is 6.01 Å². The fourth-order valence-corrected chi connectivity index (χ4v) is 7.28. The standard InChI is InChI=1S/C33H33F3N6O4/c1-3-20-23(35)6-5-17-9-19(43)10-21(25(17)20)27-26(36)28-22(13-37-27)29(38-15-32(2)12-24(44)39-30(32)45)41-31(40-28)46-16-33-7-4-8-42(33)14-18(34)11-33/h5-6,9-10,13,18,43H,3-4,7-8,11-12,14-16H2,1-2H3,(H,38,40,41)(H,39,44,45)/t18-,32?,33+/m1/s1. The minimum Gasteiger partial charge on any atom is -0.508 e. The zero-order chi connectivity index (χ0) is 32.4. The lowest BCUT2D eigenvalue weighted by molar-refractivity contribution is -0.127. The number of amides is 2. The van der Waals surface area contributed by atoms with Crippen LogP contribution in [0.3, 0.4) is 0 Å². The van der Waals surface area contributed by atoms with E-state index in [0.717, 1.165) is 19.4 Å². The molecule has 3 saturated heterocycles. The summed E-state index contributed by atoms with van der Waals surface area (Å²) in [5, 5.41) is 17.0. The van der Waals surface area contributed by atoms with E-state index in [9.17, 15) is 23.5 Å². The number of nitrogens with zero attached hydrogens (tertiary/aromatic N) is 4. The van der Waals surface area contributed by atoms with Crippen LogP contribution in [-0.2, 0) is 16.0 Å². The zero-order valence-electron chi connectivity index (χ0n) is 25.4. The molecular formula is C33H33F3N6O4. The number of alkyl halides is 1. The van der Waals surface area contributed by atoms with E-state index in [2.05, 4.69) is 30.5 Å². The first kappa shape index (κ1) is 30.2. The summed E-state index contributed by atoms with van der Waals surface area (Å²) in [7, 11) is 0. The summed E-state index contributed by atoms with van der Waals surface area (Å²) in [5.41, 5.74) is -1.36. The molecule has 2 aromatic carbocycles. The Morgan fingerprint density at radius 2 is 2.04 bits per heavy atom. The zero-order valence-corrected chi connectivity index (χ0v) is 25.4.